The van der Waals surface area contributed by atoms with E-state index in [2.05, 4.69) is 30.0 Å². The van der Waals surface area contributed by atoms with Crippen molar-refractivity contribution in [1.29, 1.82) is 0 Å². The number of hydrogen-bond donors (Lipinski definition) is 1. The number of hydrogen-bond acceptors (Lipinski definition) is 2. The quantitative estimate of drug-likeness (QED) is 0.882. The fourth-order valence-corrected chi connectivity index (χ4v) is 3.08. The predicted molar refractivity (Wildman–Crippen MR) is 77.2 cm³/mol. The molecule has 1 aliphatic carbocycles. The van der Waals surface area contributed by atoms with Crippen molar-refractivity contribution in [3.05, 3.63) is 29.3 Å². The number of nitrogens with two attached hydrogens (primary N) is 1. The first-order valence-corrected chi connectivity index (χ1v) is 7.35. The van der Waals surface area contributed by atoms with Gasteiger partial charge in [0.15, 0.2) is 0 Å². The summed E-state index contributed by atoms with van der Waals surface area (Å²) < 4.78 is 0. The van der Waals surface area contributed by atoms with Gasteiger partial charge < -0.3 is 10.6 Å². The lowest BCUT2D eigenvalue weighted by molar-refractivity contribution is 0.319. The molecule has 2 heteroatoms. The third-order valence-corrected chi connectivity index (χ3v) is 4.73. The third-order valence-electron chi connectivity index (χ3n) is 4.73. The molecule has 1 fully saturated rings. The van der Waals surface area contributed by atoms with Crippen molar-refractivity contribution in [3.8, 4) is 0 Å². The van der Waals surface area contributed by atoms with Gasteiger partial charge in [0, 0.05) is 18.8 Å². The van der Waals surface area contributed by atoms with Crippen LogP contribution in [0.3, 0.4) is 0 Å². The number of nitrogens with zero attached hydrogens (tertiary/aromatic N) is 1. The molecule has 1 unspecified atom stereocenters. The molecule has 3 rings (SSSR count). The normalized spacial score (nSPS) is 20.7. The highest BCUT2D eigenvalue weighted by Crippen LogP contribution is 2.35. The first-order chi connectivity index (χ1) is 8.78. The first kappa shape index (κ1) is 12.0. The second-order valence-electron chi connectivity index (χ2n) is 6.02. The summed E-state index contributed by atoms with van der Waals surface area (Å²) in [7, 11) is 0. The maximum atomic E-state index is 5.78. The van der Waals surface area contributed by atoms with Gasteiger partial charge in [-0.25, -0.2) is 0 Å². The topological polar surface area (TPSA) is 29.3 Å². The van der Waals surface area contributed by atoms with Gasteiger partial charge in [-0.2, -0.15) is 0 Å². The van der Waals surface area contributed by atoms with E-state index in [0.717, 1.165) is 12.5 Å². The fourth-order valence-electron chi connectivity index (χ4n) is 3.08. The van der Waals surface area contributed by atoms with Crippen LogP contribution in [0.5, 0.6) is 0 Å². The van der Waals surface area contributed by atoms with Gasteiger partial charge in [-0.15, -0.1) is 0 Å². The molecule has 1 heterocycles. The molecule has 0 amide bonds. The Morgan fingerprint density at radius 1 is 1.39 bits per heavy atom. The molecule has 0 aromatic heterocycles. The molecule has 0 radical (unpaired) electrons. The van der Waals surface area contributed by atoms with Crippen LogP contribution in [0.1, 0.15) is 43.2 Å². The monoisotopic (exact) mass is 244 g/mol. The smallest absolute Gasteiger partial charge is 0.0402 e. The van der Waals surface area contributed by atoms with Gasteiger partial charge in [0.2, 0.25) is 0 Å². The molecule has 2 aliphatic rings. The molecule has 98 valence electrons. The van der Waals surface area contributed by atoms with Crippen molar-refractivity contribution in [2.75, 3.05) is 24.5 Å². The van der Waals surface area contributed by atoms with Crippen LogP contribution in [0.25, 0.3) is 0 Å². The molecule has 18 heavy (non-hydrogen) atoms. The predicted octanol–water partition coefficient (Wildman–Crippen LogP) is 2.91. The van der Waals surface area contributed by atoms with Gasteiger partial charge >= 0.3 is 0 Å². The molecule has 0 saturated heterocycles. The lowest BCUT2D eigenvalue weighted by atomic mass is 9.85. The SMILES string of the molecule is CC(CN)c1ccc2c(c1)N(CC1CCC1)CC2. The average Bonchev–Trinajstić information content (AvgIpc) is 2.75. The Kier molecular flexibility index (Phi) is 3.29. The van der Waals surface area contributed by atoms with Crippen LogP contribution in [0, 0.1) is 5.92 Å². The zero-order chi connectivity index (χ0) is 12.5. The molecule has 1 aromatic rings. The molecular weight excluding hydrogens is 220 g/mol. The summed E-state index contributed by atoms with van der Waals surface area (Å²) in [6.45, 7) is 5.44. The molecule has 1 atom stereocenters. The Morgan fingerprint density at radius 2 is 2.22 bits per heavy atom. The van der Waals surface area contributed by atoms with E-state index in [9.17, 15) is 0 Å². The van der Waals surface area contributed by atoms with E-state index in [-0.39, 0.29) is 0 Å². The van der Waals surface area contributed by atoms with Gasteiger partial charge in [0.05, 0.1) is 0 Å². The van der Waals surface area contributed by atoms with Crippen LogP contribution in [-0.2, 0) is 6.42 Å². The molecule has 0 bridgehead atoms. The maximum absolute atomic E-state index is 5.78. The Hall–Kier alpha value is -1.02. The summed E-state index contributed by atoms with van der Waals surface area (Å²) in [5, 5.41) is 0. The van der Waals surface area contributed by atoms with Crippen LogP contribution in [0.2, 0.25) is 0 Å². The van der Waals surface area contributed by atoms with Gasteiger partial charge in [-0.1, -0.05) is 25.5 Å². The molecular formula is C16H24N2. The molecule has 0 spiro atoms. The number of rotatable bonds is 4. The molecule has 1 aliphatic heterocycles. The fraction of sp³-hybridized carbons (Fsp3) is 0.625. The van der Waals surface area contributed by atoms with Gasteiger partial charge in [-0.3, -0.25) is 0 Å². The van der Waals surface area contributed by atoms with Crippen molar-refractivity contribution in [2.45, 2.75) is 38.5 Å². The van der Waals surface area contributed by atoms with Crippen molar-refractivity contribution >= 4 is 5.69 Å². The van der Waals surface area contributed by atoms with E-state index >= 15 is 0 Å². The second kappa shape index (κ2) is 4.93. The minimum atomic E-state index is 0.474. The lowest BCUT2D eigenvalue weighted by Gasteiger charge is -2.31. The Bertz CT molecular complexity index is 423. The van der Waals surface area contributed by atoms with E-state index in [1.165, 1.54) is 55.6 Å². The third kappa shape index (κ3) is 2.14. The van der Waals surface area contributed by atoms with Crippen LogP contribution < -0.4 is 10.6 Å². The zero-order valence-corrected chi connectivity index (χ0v) is 11.4. The molecule has 2 N–H and O–H groups in total. The summed E-state index contributed by atoms with van der Waals surface area (Å²) in [4.78, 5) is 2.60. The summed E-state index contributed by atoms with van der Waals surface area (Å²) in [5.74, 6) is 1.42. The van der Waals surface area contributed by atoms with Crippen molar-refractivity contribution in [1.82, 2.24) is 0 Å². The van der Waals surface area contributed by atoms with E-state index in [0.29, 0.717) is 5.92 Å². The van der Waals surface area contributed by atoms with Gasteiger partial charge in [-0.05, 0) is 54.8 Å². The highest BCUT2D eigenvalue weighted by molar-refractivity contribution is 5.60. The Morgan fingerprint density at radius 3 is 2.89 bits per heavy atom. The van der Waals surface area contributed by atoms with Crippen LogP contribution >= 0.6 is 0 Å². The Balaban J connectivity index is 1.79. The highest BCUT2D eigenvalue weighted by atomic mass is 15.1. The number of benzene rings is 1. The lowest BCUT2D eigenvalue weighted by Crippen LogP contribution is -2.31. The Labute approximate surface area is 110 Å². The second-order valence-corrected chi connectivity index (χ2v) is 6.02. The van der Waals surface area contributed by atoms with Crippen molar-refractivity contribution < 1.29 is 0 Å². The van der Waals surface area contributed by atoms with E-state index in [1.807, 2.05) is 0 Å². The molecule has 1 aromatic carbocycles. The molecule has 1 saturated carbocycles. The van der Waals surface area contributed by atoms with E-state index in [4.69, 9.17) is 5.73 Å². The van der Waals surface area contributed by atoms with E-state index in [1.54, 1.807) is 0 Å². The van der Waals surface area contributed by atoms with Crippen LogP contribution in [-0.4, -0.2) is 19.6 Å². The highest BCUT2D eigenvalue weighted by Gasteiger charge is 2.25. The van der Waals surface area contributed by atoms with Crippen molar-refractivity contribution in [2.24, 2.45) is 11.7 Å². The van der Waals surface area contributed by atoms with Crippen LogP contribution in [0.15, 0.2) is 18.2 Å². The standard InChI is InChI=1S/C16H24N2/c1-12(10-17)15-6-5-14-7-8-18(16(14)9-15)11-13-3-2-4-13/h5-6,9,12-13H,2-4,7-8,10-11,17H2,1H3. The summed E-state index contributed by atoms with van der Waals surface area (Å²) in [6.07, 6.45) is 5.53. The largest absolute Gasteiger partial charge is 0.371 e. The summed E-state index contributed by atoms with van der Waals surface area (Å²) >= 11 is 0. The summed E-state index contributed by atoms with van der Waals surface area (Å²) in [6, 6.07) is 6.97. The van der Waals surface area contributed by atoms with Gasteiger partial charge in [0.25, 0.3) is 0 Å². The average molecular weight is 244 g/mol. The maximum Gasteiger partial charge on any atom is 0.0402 e. The summed E-state index contributed by atoms with van der Waals surface area (Å²) in [5.41, 5.74) is 10.2. The zero-order valence-electron chi connectivity index (χ0n) is 11.4. The minimum Gasteiger partial charge on any atom is -0.371 e. The number of anilines is 1. The van der Waals surface area contributed by atoms with Gasteiger partial charge in [0.1, 0.15) is 0 Å². The number of fused-ring (bicyclic) bond motifs is 1. The molecule has 2 nitrogen and oxygen atoms in total. The first-order valence-electron chi connectivity index (χ1n) is 7.35. The van der Waals surface area contributed by atoms with Crippen molar-refractivity contribution in [3.63, 3.8) is 0 Å². The minimum absolute atomic E-state index is 0.474. The van der Waals surface area contributed by atoms with Crippen LogP contribution in [0.4, 0.5) is 5.69 Å². The van der Waals surface area contributed by atoms with E-state index < -0.39 is 0 Å².